The maximum absolute atomic E-state index is 11.2. The Bertz CT molecular complexity index is 1220. The topological polar surface area (TPSA) is 53.4 Å². The number of carboxylic acids is 1. The third-order valence-corrected chi connectivity index (χ3v) is 5.65. The van der Waals surface area contributed by atoms with Crippen molar-refractivity contribution in [3.63, 3.8) is 0 Å². The van der Waals surface area contributed by atoms with Crippen LogP contribution in [0.5, 0.6) is 0 Å². The van der Waals surface area contributed by atoms with Gasteiger partial charge < -0.3 is 10.0 Å². The lowest BCUT2D eigenvalue weighted by atomic mass is 9.97. The maximum Gasteiger partial charge on any atom is 0.335 e. The van der Waals surface area contributed by atoms with E-state index in [1.165, 1.54) is 11.1 Å². The van der Waals surface area contributed by atoms with Crippen molar-refractivity contribution in [2.24, 2.45) is 0 Å². The second kappa shape index (κ2) is 7.06. The summed E-state index contributed by atoms with van der Waals surface area (Å²) in [6.07, 6.45) is 2.93. The molecule has 142 valence electrons. The van der Waals surface area contributed by atoms with Gasteiger partial charge in [-0.1, -0.05) is 60.7 Å². The minimum atomic E-state index is -0.916. The zero-order valence-corrected chi connectivity index (χ0v) is 15.9. The lowest BCUT2D eigenvalue weighted by Crippen LogP contribution is -2.31. The molecule has 1 aliphatic rings. The van der Waals surface area contributed by atoms with Crippen LogP contribution in [0.1, 0.15) is 21.5 Å². The van der Waals surface area contributed by atoms with E-state index in [9.17, 15) is 4.79 Å². The van der Waals surface area contributed by atoms with Gasteiger partial charge in [-0.05, 0) is 40.6 Å². The van der Waals surface area contributed by atoms with Crippen LogP contribution < -0.4 is 4.90 Å². The van der Waals surface area contributed by atoms with Crippen LogP contribution in [0.3, 0.4) is 0 Å². The van der Waals surface area contributed by atoms with E-state index in [-0.39, 0.29) is 5.56 Å². The highest BCUT2D eigenvalue weighted by molar-refractivity contribution is 6.02. The first kappa shape index (κ1) is 17.4. The van der Waals surface area contributed by atoms with Crippen LogP contribution in [0.25, 0.3) is 21.9 Å². The van der Waals surface area contributed by atoms with Crippen LogP contribution in [0, 0.1) is 0 Å². The molecule has 4 heteroatoms. The highest BCUT2D eigenvalue weighted by atomic mass is 16.4. The molecule has 1 aliphatic heterocycles. The SMILES string of the molecule is O=C(O)c1ccc(-c2cnc(N3CCc4ccccc4C3)c3ccccc23)cc1. The Balaban J connectivity index is 1.58. The summed E-state index contributed by atoms with van der Waals surface area (Å²) in [5.74, 6) is 0.0845. The Morgan fingerprint density at radius 2 is 1.55 bits per heavy atom. The van der Waals surface area contributed by atoms with E-state index in [2.05, 4.69) is 41.3 Å². The van der Waals surface area contributed by atoms with Gasteiger partial charge >= 0.3 is 5.97 Å². The standard InChI is InChI=1S/C25H20N2O2/c28-25(29)19-11-9-18(10-12-19)23-15-26-24(22-8-4-3-7-21(22)23)27-14-13-17-5-1-2-6-20(17)16-27/h1-12,15H,13-14,16H2,(H,28,29). The summed E-state index contributed by atoms with van der Waals surface area (Å²) in [4.78, 5) is 18.3. The molecule has 0 atom stereocenters. The van der Waals surface area contributed by atoms with Gasteiger partial charge in [0.15, 0.2) is 0 Å². The van der Waals surface area contributed by atoms with Crippen LogP contribution in [-0.4, -0.2) is 22.6 Å². The normalized spacial score (nSPS) is 13.3. The fraction of sp³-hybridized carbons (Fsp3) is 0.120. The predicted molar refractivity (Wildman–Crippen MR) is 115 cm³/mol. The fourth-order valence-electron chi connectivity index (χ4n) is 4.13. The lowest BCUT2D eigenvalue weighted by Gasteiger charge is -2.31. The number of nitrogens with zero attached hydrogens (tertiary/aromatic N) is 2. The second-order valence-electron chi connectivity index (χ2n) is 7.36. The Kier molecular flexibility index (Phi) is 4.24. The maximum atomic E-state index is 11.2. The molecule has 5 rings (SSSR count). The number of hydrogen-bond donors (Lipinski definition) is 1. The van der Waals surface area contributed by atoms with E-state index in [1.807, 2.05) is 30.5 Å². The molecule has 29 heavy (non-hydrogen) atoms. The van der Waals surface area contributed by atoms with E-state index in [0.717, 1.165) is 47.2 Å². The molecule has 0 aliphatic carbocycles. The molecule has 0 saturated heterocycles. The minimum Gasteiger partial charge on any atom is -0.478 e. The van der Waals surface area contributed by atoms with Crippen molar-refractivity contribution >= 4 is 22.6 Å². The number of fused-ring (bicyclic) bond motifs is 2. The number of carboxylic acid groups (broad SMARTS) is 1. The molecule has 3 aromatic carbocycles. The summed E-state index contributed by atoms with van der Waals surface area (Å²) in [6.45, 7) is 1.81. The van der Waals surface area contributed by atoms with Crippen LogP contribution in [-0.2, 0) is 13.0 Å². The van der Waals surface area contributed by atoms with Crippen molar-refractivity contribution in [2.45, 2.75) is 13.0 Å². The van der Waals surface area contributed by atoms with Gasteiger partial charge in [0, 0.05) is 30.2 Å². The van der Waals surface area contributed by atoms with Gasteiger partial charge in [-0.15, -0.1) is 0 Å². The zero-order valence-electron chi connectivity index (χ0n) is 15.9. The molecule has 1 N–H and O–H groups in total. The van der Waals surface area contributed by atoms with Gasteiger partial charge in [-0.25, -0.2) is 9.78 Å². The molecule has 0 fully saturated rings. The monoisotopic (exact) mass is 380 g/mol. The van der Waals surface area contributed by atoms with Gasteiger partial charge in [0.05, 0.1) is 5.56 Å². The molecule has 4 nitrogen and oxygen atoms in total. The average Bonchev–Trinajstić information content (AvgIpc) is 2.78. The molecule has 2 heterocycles. The predicted octanol–water partition coefficient (Wildman–Crippen LogP) is 5.16. The molecule has 0 radical (unpaired) electrons. The Hall–Kier alpha value is -3.66. The van der Waals surface area contributed by atoms with Crippen molar-refractivity contribution in [2.75, 3.05) is 11.4 Å². The number of carbonyl (C=O) groups is 1. The summed E-state index contributed by atoms with van der Waals surface area (Å²) >= 11 is 0. The first-order valence-corrected chi connectivity index (χ1v) is 9.74. The van der Waals surface area contributed by atoms with E-state index >= 15 is 0 Å². The third kappa shape index (κ3) is 3.13. The fourth-order valence-corrected chi connectivity index (χ4v) is 4.13. The quantitative estimate of drug-likeness (QED) is 0.533. The van der Waals surface area contributed by atoms with E-state index in [0.29, 0.717) is 0 Å². The molecule has 0 unspecified atom stereocenters. The number of rotatable bonds is 3. The van der Waals surface area contributed by atoms with Gasteiger partial charge in [0.2, 0.25) is 0 Å². The smallest absolute Gasteiger partial charge is 0.335 e. The summed E-state index contributed by atoms with van der Waals surface area (Å²) in [5.41, 5.74) is 5.05. The number of aromatic nitrogens is 1. The van der Waals surface area contributed by atoms with Crippen LogP contribution in [0.2, 0.25) is 0 Å². The minimum absolute atomic E-state index is 0.287. The third-order valence-electron chi connectivity index (χ3n) is 5.65. The molecule has 1 aromatic heterocycles. The van der Waals surface area contributed by atoms with Crippen molar-refractivity contribution in [1.82, 2.24) is 4.98 Å². The molecule has 0 saturated carbocycles. The Labute approximate surface area is 169 Å². The molecule has 0 bridgehead atoms. The van der Waals surface area contributed by atoms with Crippen molar-refractivity contribution in [3.8, 4) is 11.1 Å². The lowest BCUT2D eigenvalue weighted by molar-refractivity contribution is 0.0697. The number of aromatic carboxylic acids is 1. The highest BCUT2D eigenvalue weighted by Crippen LogP contribution is 2.35. The van der Waals surface area contributed by atoms with Crippen LogP contribution in [0.15, 0.2) is 79.0 Å². The van der Waals surface area contributed by atoms with Crippen molar-refractivity contribution in [1.29, 1.82) is 0 Å². The van der Waals surface area contributed by atoms with E-state index < -0.39 is 5.97 Å². The zero-order chi connectivity index (χ0) is 19.8. The summed E-state index contributed by atoms with van der Waals surface area (Å²) in [6, 6.07) is 23.9. The molecule has 0 spiro atoms. The first-order chi connectivity index (χ1) is 14.2. The molecular weight excluding hydrogens is 360 g/mol. The summed E-state index contributed by atoms with van der Waals surface area (Å²) in [5, 5.41) is 11.4. The van der Waals surface area contributed by atoms with Gasteiger partial charge in [-0.2, -0.15) is 0 Å². The van der Waals surface area contributed by atoms with Crippen LogP contribution >= 0.6 is 0 Å². The largest absolute Gasteiger partial charge is 0.478 e. The first-order valence-electron chi connectivity index (χ1n) is 9.74. The van der Waals surface area contributed by atoms with Crippen molar-refractivity contribution in [3.05, 3.63) is 95.7 Å². The van der Waals surface area contributed by atoms with E-state index in [4.69, 9.17) is 10.1 Å². The molecule has 4 aromatic rings. The summed E-state index contributed by atoms with van der Waals surface area (Å²) < 4.78 is 0. The van der Waals surface area contributed by atoms with Gasteiger partial charge in [0.1, 0.15) is 5.82 Å². The van der Waals surface area contributed by atoms with Gasteiger partial charge in [0.25, 0.3) is 0 Å². The average molecular weight is 380 g/mol. The van der Waals surface area contributed by atoms with Crippen molar-refractivity contribution < 1.29 is 9.90 Å². The number of benzene rings is 3. The summed E-state index contributed by atoms with van der Waals surface area (Å²) in [7, 11) is 0. The van der Waals surface area contributed by atoms with Gasteiger partial charge in [-0.3, -0.25) is 0 Å². The number of anilines is 1. The Morgan fingerprint density at radius 1 is 0.862 bits per heavy atom. The number of pyridine rings is 1. The Morgan fingerprint density at radius 3 is 2.31 bits per heavy atom. The number of hydrogen-bond acceptors (Lipinski definition) is 3. The molecular formula is C25H20N2O2. The molecule has 0 amide bonds. The highest BCUT2D eigenvalue weighted by Gasteiger charge is 2.20. The van der Waals surface area contributed by atoms with Crippen LogP contribution in [0.4, 0.5) is 5.82 Å². The van der Waals surface area contributed by atoms with E-state index in [1.54, 1.807) is 12.1 Å². The second-order valence-corrected chi connectivity index (χ2v) is 7.36.